The topological polar surface area (TPSA) is 117 Å². The summed E-state index contributed by atoms with van der Waals surface area (Å²) in [5.74, 6) is -2.08. The highest BCUT2D eigenvalue weighted by atomic mass is 32.2. The third-order valence-corrected chi connectivity index (χ3v) is 3.86. The number of thioether (sulfide) groups is 1. The lowest BCUT2D eigenvalue weighted by atomic mass is 10.3. The summed E-state index contributed by atoms with van der Waals surface area (Å²) < 4.78 is 5.03. The lowest BCUT2D eigenvalue weighted by Gasteiger charge is -2.14. The van der Waals surface area contributed by atoms with Gasteiger partial charge in [-0.05, 0) is 18.2 Å². The Morgan fingerprint density at radius 3 is 2.82 bits per heavy atom. The number of furan rings is 1. The molecule has 114 valence electrons. The molecule has 1 aliphatic heterocycles. The summed E-state index contributed by atoms with van der Waals surface area (Å²) in [4.78, 5) is 33.4. The zero-order chi connectivity index (χ0) is 16.3. The van der Waals surface area contributed by atoms with Crippen LogP contribution in [0.3, 0.4) is 0 Å². The van der Waals surface area contributed by atoms with Crippen molar-refractivity contribution in [2.24, 2.45) is 0 Å². The van der Waals surface area contributed by atoms with Crippen LogP contribution >= 0.6 is 24.0 Å². The van der Waals surface area contributed by atoms with E-state index in [0.29, 0.717) is 0 Å². The van der Waals surface area contributed by atoms with Crippen LogP contribution in [0.5, 0.6) is 0 Å². The third kappa shape index (κ3) is 3.59. The van der Waals surface area contributed by atoms with Gasteiger partial charge in [-0.3, -0.25) is 19.8 Å². The van der Waals surface area contributed by atoms with Crippen LogP contribution in [-0.2, 0) is 9.59 Å². The molecule has 0 radical (unpaired) electrons. The first kappa shape index (κ1) is 15.9. The fraction of sp³-hybridized carbons (Fsp3) is 0.0833. The van der Waals surface area contributed by atoms with Gasteiger partial charge < -0.3 is 14.3 Å². The highest BCUT2D eigenvalue weighted by Gasteiger charge is 2.31. The molecule has 0 atom stereocenters. The van der Waals surface area contributed by atoms with Gasteiger partial charge in [0.25, 0.3) is 5.91 Å². The Morgan fingerprint density at radius 1 is 1.50 bits per heavy atom. The Hall–Kier alpha value is -2.46. The van der Waals surface area contributed by atoms with Crippen molar-refractivity contribution in [2.75, 3.05) is 6.54 Å². The van der Waals surface area contributed by atoms with Crippen molar-refractivity contribution in [3.63, 3.8) is 0 Å². The summed E-state index contributed by atoms with van der Waals surface area (Å²) in [7, 11) is 0. The standard InChI is InChI=1S/C12H8N2O6S2/c15-10(16)6-13-11(17)8(22-12(13)21)3-1-2-7-4-5-9(20-7)14(18)19/h1-5H,6H2,(H,15,16)/p-1/b2-1+,8-3-. The summed E-state index contributed by atoms with van der Waals surface area (Å²) in [5.41, 5.74) is 0. The fourth-order valence-electron chi connectivity index (χ4n) is 1.54. The Bertz CT molecular complexity index is 721. The molecule has 10 heteroatoms. The number of aliphatic carboxylic acids is 1. The molecule has 0 aromatic carbocycles. The summed E-state index contributed by atoms with van der Waals surface area (Å²) in [6, 6.07) is 2.61. The molecule has 0 spiro atoms. The van der Waals surface area contributed by atoms with Gasteiger partial charge in [0, 0.05) is 0 Å². The molecule has 1 saturated heterocycles. The molecule has 0 bridgehead atoms. The fourth-order valence-corrected chi connectivity index (χ4v) is 2.75. The van der Waals surface area contributed by atoms with E-state index in [9.17, 15) is 24.8 Å². The van der Waals surface area contributed by atoms with E-state index >= 15 is 0 Å². The predicted octanol–water partition coefficient (Wildman–Crippen LogP) is 0.695. The van der Waals surface area contributed by atoms with Crippen LogP contribution in [0.15, 0.2) is 33.6 Å². The Balaban J connectivity index is 2.08. The quantitative estimate of drug-likeness (QED) is 0.333. The number of amides is 1. The third-order valence-electron chi connectivity index (χ3n) is 2.46. The van der Waals surface area contributed by atoms with E-state index in [1.807, 2.05) is 0 Å². The highest BCUT2D eigenvalue weighted by Crippen LogP contribution is 2.30. The monoisotopic (exact) mass is 339 g/mol. The summed E-state index contributed by atoms with van der Waals surface area (Å²) >= 11 is 5.86. The molecule has 0 N–H and O–H groups in total. The second-order valence-corrected chi connectivity index (χ2v) is 5.63. The van der Waals surface area contributed by atoms with Crippen LogP contribution in [-0.4, -0.2) is 32.6 Å². The molecule has 22 heavy (non-hydrogen) atoms. The number of nitrogens with zero attached hydrogens (tertiary/aromatic N) is 2. The van der Waals surface area contributed by atoms with Crippen molar-refractivity contribution < 1.29 is 24.0 Å². The van der Waals surface area contributed by atoms with E-state index in [4.69, 9.17) is 16.6 Å². The number of rotatable bonds is 5. The number of nitro groups is 1. The molecule has 1 aromatic rings. The SMILES string of the molecule is O=C([O-])CN1C(=O)/C(=C/C=C/c2ccc([N+](=O)[O-])o2)SC1=S. The van der Waals surface area contributed by atoms with E-state index < -0.39 is 23.3 Å². The number of allylic oxidation sites excluding steroid dienone is 2. The molecule has 2 rings (SSSR count). The summed E-state index contributed by atoms with van der Waals surface area (Å²) in [6.45, 7) is -0.601. The second kappa shape index (κ2) is 6.54. The number of thiocarbonyl (C=S) groups is 1. The van der Waals surface area contributed by atoms with E-state index in [1.54, 1.807) is 0 Å². The van der Waals surface area contributed by atoms with Crippen LogP contribution in [0.2, 0.25) is 0 Å². The predicted molar refractivity (Wildman–Crippen MR) is 79.4 cm³/mol. The average Bonchev–Trinajstić information content (AvgIpc) is 3.00. The lowest BCUT2D eigenvalue weighted by Crippen LogP contribution is -2.40. The van der Waals surface area contributed by atoms with Crippen molar-refractivity contribution >= 4 is 52.1 Å². The average molecular weight is 339 g/mol. The lowest BCUT2D eigenvalue weighted by molar-refractivity contribution is -0.402. The van der Waals surface area contributed by atoms with Gasteiger partial charge >= 0.3 is 5.88 Å². The van der Waals surface area contributed by atoms with Gasteiger partial charge in [-0.1, -0.05) is 30.1 Å². The van der Waals surface area contributed by atoms with Gasteiger partial charge in [0.1, 0.15) is 15.0 Å². The van der Waals surface area contributed by atoms with E-state index in [1.165, 1.54) is 30.4 Å². The van der Waals surface area contributed by atoms with Crippen molar-refractivity contribution in [1.82, 2.24) is 4.90 Å². The first-order valence-corrected chi connectivity index (χ1v) is 6.97. The minimum absolute atomic E-state index is 0.127. The number of hydrogen-bond acceptors (Lipinski definition) is 8. The van der Waals surface area contributed by atoms with E-state index in [0.717, 1.165) is 16.7 Å². The number of hydrogen-bond donors (Lipinski definition) is 0. The second-order valence-electron chi connectivity index (χ2n) is 3.95. The van der Waals surface area contributed by atoms with Gasteiger partial charge in [0.05, 0.1) is 23.5 Å². The summed E-state index contributed by atoms with van der Waals surface area (Å²) in [6.07, 6.45) is 4.30. The van der Waals surface area contributed by atoms with Gasteiger partial charge in [-0.2, -0.15) is 0 Å². The Morgan fingerprint density at radius 2 is 2.23 bits per heavy atom. The molecule has 1 aromatic heterocycles. The number of carboxylic acids is 1. The molecule has 1 aliphatic rings. The van der Waals surface area contributed by atoms with Gasteiger partial charge in [0.2, 0.25) is 0 Å². The molecule has 0 unspecified atom stereocenters. The van der Waals surface area contributed by atoms with Crippen LogP contribution in [0.25, 0.3) is 6.08 Å². The van der Waals surface area contributed by atoms with Crippen molar-refractivity contribution in [2.45, 2.75) is 0 Å². The van der Waals surface area contributed by atoms with Crippen molar-refractivity contribution in [1.29, 1.82) is 0 Å². The molecule has 1 amide bonds. The molecular weight excluding hydrogens is 332 g/mol. The van der Waals surface area contributed by atoms with Crippen molar-refractivity contribution in [3.8, 4) is 0 Å². The maximum absolute atomic E-state index is 11.9. The van der Waals surface area contributed by atoms with E-state index in [-0.39, 0.29) is 20.9 Å². The van der Waals surface area contributed by atoms with Gasteiger partial charge in [-0.15, -0.1) is 0 Å². The maximum atomic E-state index is 11.9. The number of carbonyl (C=O) groups is 2. The van der Waals surface area contributed by atoms with E-state index in [2.05, 4.69) is 0 Å². The molecular formula is C12H7N2O6S2-. The molecule has 0 aliphatic carbocycles. The van der Waals surface area contributed by atoms with Crippen LogP contribution < -0.4 is 5.11 Å². The van der Waals surface area contributed by atoms with Gasteiger partial charge in [-0.25, -0.2) is 0 Å². The van der Waals surface area contributed by atoms with Gasteiger partial charge in [0.15, 0.2) is 0 Å². The van der Waals surface area contributed by atoms with Crippen molar-refractivity contribution in [3.05, 3.63) is 45.1 Å². The minimum Gasteiger partial charge on any atom is -0.548 e. The van der Waals surface area contributed by atoms with Crippen LogP contribution in [0.1, 0.15) is 5.76 Å². The molecule has 2 heterocycles. The number of carboxylic acid groups (broad SMARTS) is 1. The first-order valence-electron chi connectivity index (χ1n) is 5.74. The zero-order valence-corrected chi connectivity index (χ0v) is 12.4. The number of carbonyl (C=O) groups excluding carboxylic acids is 2. The molecule has 1 fully saturated rings. The Kier molecular flexibility index (Phi) is 4.73. The highest BCUT2D eigenvalue weighted by molar-refractivity contribution is 8.26. The minimum atomic E-state index is -1.41. The van der Waals surface area contributed by atoms with Crippen LogP contribution in [0.4, 0.5) is 5.88 Å². The first-order chi connectivity index (χ1) is 10.4. The molecule has 8 nitrogen and oxygen atoms in total. The zero-order valence-electron chi connectivity index (χ0n) is 10.8. The largest absolute Gasteiger partial charge is 0.548 e. The molecule has 0 saturated carbocycles. The van der Waals surface area contributed by atoms with Crippen LogP contribution in [0, 0.1) is 10.1 Å². The summed E-state index contributed by atoms with van der Waals surface area (Å²) in [5, 5.41) is 21.0. The normalized spacial score (nSPS) is 16.9. The smallest absolute Gasteiger partial charge is 0.433 e. The Labute approximate surface area is 133 Å². The maximum Gasteiger partial charge on any atom is 0.433 e.